The summed E-state index contributed by atoms with van der Waals surface area (Å²) in [5.74, 6) is 0.861. The van der Waals surface area contributed by atoms with Crippen LogP contribution in [0.5, 0.6) is 0 Å². The highest BCUT2D eigenvalue weighted by Gasteiger charge is 2.34. The molecule has 1 aromatic heterocycles. The van der Waals surface area contributed by atoms with E-state index in [-0.39, 0.29) is 18.2 Å². The third-order valence-corrected chi connectivity index (χ3v) is 3.70. The van der Waals surface area contributed by atoms with Gasteiger partial charge in [0.25, 0.3) is 0 Å². The van der Waals surface area contributed by atoms with Gasteiger partial charge >= 0.3 is 6.18 Å². The van der Waals surface area contributed by atoms with Crippen molar-refractivity contribution < 1.29 is 22.4 Å². The Morgan fingerprint density at radius 1 is 1.30 bits per heavy atom. The molecule has 2 heterocycles. The first-order valence-electron chi connectivity index (χ1n) is 7.23. The first kappa shape index (κ1) is 15.9. The number of ether oxygens (including phenoxy) is 1. The van der Waals surface area contributed by atoms with Crippen LogP contribution < -0.4 is 0 Å². The monoisotopic (exact) mass is 327 g/mol. The summed E-state index contributed by atoms with van der Waals surface area (Å²) < 4.78 is 49.7. The van der Waals surface area contributed by atoms with Gasteiger partial charge in [-0.3, -0.25) is 4.90 Å². The molecule has 0 bridgehead atoms. The van der Waals surface area contributed by atoms with Crippen LogP contribution in [-0.2, 0) is 17.5 Å². The van der Waals surface area contributed by atoms with Gasteiger partial charge in [0.05, 0.1) is 12.2 Å². The van der Waals surface area contributed by atoms with Gasteiger partial charge in [0.2, 0.25) is 11.7 Å². The molecular weight excluding hydrogens is 311 g/mol. The predicted molar refractivity (Wildman–Crippen MR) is 74.4 cm³/mol. The van der Waals surface area contributed by atoms with Crippen LogP contribution in [0.25, 0.3) is 0 Å². The standard InChI is InChI=1S/C15H16F3N3O2/c1-10-19-14(20-23-10)13-9-21(6-7-22-13)8-11-4-2-3-5-12(11)15(16,17)18/h2-5,13H,6-9H2,1H3/t13-/m0/s1. The van der Waals surface area contributed by atoms with Crippen LogP contribution in [0.4, 0.5) is 13.2 Å². The average molecular weight is 327 g/mol. The highest BCUT2D eigenvalue weighted by molar-refractivity contribution is 5.29. The maximum absolute atomic E-state index is 13.1. The van der Waals surface area contributed by atoms with Crippen LogP contribution in [0.15, 0.2) is 28.8 Å². The number of aromatic nitrogens is 2. The number of benzene rings is 1. The fraction of sp³-hybridized carbons (Fsp3) is 0.467. The Morgan fingerprint density at radius 3 is 2.78 bits per heavy atom. The molecule has 2 aromatic rings. The third kappa shape index (κ3) is 3.70. The average Bonchev–Trinajstić information content (AvgIpc) is 2.94. The first-order valence-corrected chi connectivity index (χ1v) is 7.23. The number of hydrogen-bond donors (Lipinski definition) is 0. The summed E-state index contributed by atoms with van der Waals surface area (Å²) >= 11 is 0. The first-order chi connectivity index (χ1) is 10.9. The van der Waals surface area contributed by atoms with Gasteiger partial charge in [0.1, 0.15) is 6.10 Å². The normalized spacial score (nSPS) is 19.9. The fourth-order valence-corrected chi connectivity index (χ4v) is 2.62. The third-order valence-electron chi connectivity index (χ3n) is 3.70. The molecule has 0 aliphatic carbocycles. The zero-order valence-corrected chi connectivity index (χ0v) is 12.5. The predicted octanol–water partition coefficient (Wildman–Crippen LogP) is 2.97. The summed E-state index contributed by atoms with van der Waals surface area (Å²) in [5, 5.41) is 3.82. The lowest BCUT2D eigenvalue weighted by molar-refractivity contribution is -0.138. The van der Waals surface area contributed by atoms with E-state index in [2.05, 4.69) is 10.1 Å². The van der Waals surface area contributed by atoms with E-state index in [9.17, 15) is 13.2 Å². The molecule has 1 aliphatic rings. The summed E-state index contributed by atoms with van der Waals surface area (Å²) in [7, 11) is 0. The van der Waals surface area contributed by atoms with Crippen LogP contribution in [0, 0.1) is 6.92 Å². The van der Waals surface area contributed by atoms with Crippen molar-refractivity contribution in [2.75, 3.05) is 19.7 Å². The van der Waals surface area contributed by atoms with Crippen LogP contribution in [0.1, 0.15) is 28.9 Å². The quantitative estimate of drug-likeness (QED) is 0.867. The van der Waals surface area contributed by atoms with E-state index >= 15 is 0 Å². The van der Waals surface area contributed by atoms with Crippen molar-refractivity contribution in [1.82, 2.24) is 15.0 Å². The fourth-order valence-electron chi connectivity index (χ4n) is 2.62. The molecule has 0 amide bonds. The lowest BCUT2D eigenvalue weighted by Crippen LogP contribution is -2.38. The summed E-state index contributed by atoms with van der Waals surface area (Å²) in [6.07, 6.45) is -4.74. The molecule has 3 rings (SSSR count). The number of alkyl halides is 3. The molecule has 0 radical (unpaired) electrons. The molecule has 23 heavy (non-hydrogen) atoms. The van der Waals surface area contributed by atoms with E-state index in [1.54, 1.807) is 13.0 Å². The van der Waals surface area contributed by atoms with E-state index in [1.807, 2.05) is 4.90 Å². The summed E-state index contributed by atoms with van der Waals surface area (Å²) in [4.78, 5) is 6.03. The number of rotatable bonds is 3. The minimum absolute atomic E-state index is 0.201. The summed E-state index contributed by atoms with van der Waals surface area (Å²) in [6.45, 7) is 3.26. The van der Waals surface area contributed by atoms with Crippen LogP contribution in [0.3, 0.4) is 0 Å². The van der Waals surface area contributed by atoms with Crippen molar-refractivity contribution in [2.45, 2.75) is 25.7 Å². The molecule has 1 atom stereocenters. The number of hydrogen-bond acceptors (Lipinski definition) is 5. The Bertz CT molecular complexity index is 672. The SMILES string of the molecule is Cc1nc([C@@H]2CN(Cc3ccccc3C(F)(F)F)CCO2)no1. The van der Waals surface area contributed by atoms with E-state index < -0.39 is 11.7 Å². The molecular formula is C15H16F3N3O2. The molecule has 5 nitrogen and oxygen atoms in total. The van der Waals surface area contributed by atoms with Crippen molar-refractivity contribution in [3.63, 3.8) is 0 Å². The largest absolute Gasteiger partial charge is 0.416 e. The smallest absolute Gasteiger partial charge is 0.367 e. The molecule has 1 saturated heterocycles. The van der Waals surface area contributed by atoms with Gasteiger partial charge in [-0.1, -0.05) is 23.4 Å². The van der Waals surface area contributed by atoms with E-state index in [1.165, 1.54) is 12.1 Å². The van der Waals surface area contributed by atoms with Gasteiger partial charge in [-0.2, -0.15) is 18.2 Å². The molecule has 0 N–H and O–H groups in total. The van der Waals surface area contributed by atoms with Crippen molar-refractivity contribution in [3.05, 3.63) is 47.1 Å². The van der Waals surface area contributed by atoms with Gasteiger partial charge in [0, 0.05) is 26.6 Å². The summed E-state index contributed by atoms with van der Waals surface area (Å²) in [6, 6.07) is 5.63. The van der Waals surface area contributed by atoms with Crippen LogP contribution >= 0.6 is 0 Å². The van der Waals surface area contributed by atoms with Gasteiger partial charge in [0.15, 0.2) is 0 Å². The Hall–Kier alpha value is -1.93. The van der Waals surface area contributed by atoms with Gasteiger partial charge in [-0.05, 0) is 11.6 Å². The van der Waals surface area contributed by atoms with E-state index in [0.717, 1.165) is 6.07 Å². The molecule has 0 unspecified atom stereocenters. The Morgan fingerprint density at radius 2 is 2.09 bits per heavy atom. The van der Waals surface area contributed by atoms with Crippen LogP contribution in [0.2, 0.25) is 0 Å². The molecule has 1 fully saturated rings. The van der Waals surface area contributed by atoms with Crippen molar-refractivity contribution in [3.8, 4) is 0 Å². The molecule has 0 saturated carbocycles. The Labute approximate surface area is 131 Å². The minimum Gasteiger partial charge on any atom is -0.367 e. The van der Waals surface area contributed by atoms with Crippen molar-refractivity contribution in [1.29, 1.82) is 0 Å². The zero-order valence-electron chi connectivity index (χ0n) is 12.5. The Kier molecular flexibility index (Phi) is 4.36. The lowest BCUT2D eigenvalue weighted by atomic mass is 10.1. The topological polar surface area (TPSA) is 51.4 Å². The van der Waals surface area contributed by atoms with E-state index in [0.29, 0.717) is 31.4 Å². The van der Waals surface area contributed by atoms with Gasteiger partial charge < -0.3 is 9.26 Å². The van der Waals surface area contributed by atoms with Crippen molar-refractivity contribution >= 4 is 0 Å². The Balaban J connectivity index is 1.73. The highest BCUT2D eigenvalue weighted by Crippen LogP contribution is 2.33. The zero-order chi connectivity index (χ0) is 16.4. The highest BCUT2D eigenvalue weighted by atomic mass is 19.4. The number of aryl methyl sites for hydroxylation is 1. The number of halogens is 3. The van der Waals surface area contributed by atoms with Crippen molar-refractivity contribution in [2.24, 2.45) is 0 Å². The maximum atomic E-state index is 13.1. The summed E-state index contributed by atoms with van der Waals surface area (Å²) in [5.41, 5.74) is -0.344. The molecule has 8 heteroatoms. The van der Waals surface area contributed by atoms with Crippen LogP contribution in [-0.4, -0.2) is 34.7 Å². The lowest BCUT2D eigenvalue weighted by Gasteiger charge is -2.32. The molecule has 1 aromatic carbocycles. The number of nitrogens with zero attached hydrogens (tertiary/aromatic N) is 3. The second-order valence-corrected chi connectivity index (χ2v) is 5.42. The van der Waals surface area contributed by atoms with Gasteiger partial charge in [-0.25, -0.2) is 0 Å². The molecule has 124 valence electrons. The second-order valence-electron chi connectivity index (χ2n) is 5.42. The minimum atomic E-state index is -4.35. The second kappa shape index (κ2) is 6.29. The molecule has 0 spiro atoms. The maximum Gasteiger partial charge on any atom is 0.416 e. The molecule has 1 aliphatic heterocycles. The number of morpholine rings is 1. The van der Waals surface area contributed by atoms with Gasteiger partial charge in [-0.15, -0.1) is 0 Å². The van der Waals surface area contributed by atoms with E-state index in [4.69, 9.17) is 9.26 Å².